The molecule has 0 unspecified atom stereocenters. The van der Waals surface area contributed by atoms with E-state index in [1.807, 2.05) is 38.1 Å². The van der Waals surface area contributed by atoms with Crippen LogP contribution in [0.1, 0.15) is 22.5 Å². The third kappa shape index (κ3) is 4.56. The molecule has 0 amide bonds. The number of ether oxygens (including phenoxy) is 1. The van der Waals surface area contributed by atoms with Crippen LogP contribution in [-0.4, -0.2) is 24.1 Å². The first-order valence-corrected chi connectivity index (χ1v) is 11.8. The van der Waals surface area contributed by atoms with Gasteiger partial charge in [0.2, 0.25) is 0 Å². The summed E-state index contributed by atoms with van der Waals surface area (Å²) in [6.07, 6.45) is 1.64. The molecule has 0 aliphatic heterocycles. The summed E-state index contributed by atoms with van der Waals surface area (Å²) < 4.78 is 9.15. The minimum atomic E-state index is -0.452. The summed E-state index contributed by atoms with van der Waals surface area (Å²) in [6, 6.07) is 17.0. The zero-order chi connectivity index (χ0) is 26.3. The van der Waals surface area contributed by atoms with Crippen molar-refractivity contribution in [3.05, 3.63) is 115 Å². The minimum Gasteiger partial charge on any atom is -0.485 e. The number of nitro groups is 1. The van der Waals surface area contributed by atoms with Gasteiger partial charge in [0.1, 0.15) is 12.3 Å². The number of nitrogens with zero attached hydrogens (tertiary/aromatic N) is 5. The number of hydrogen-bond donors (Lipinski definition) is 0. The van der Waals surface area contributed by atoms with Crippen molar-refractivity contribution in [2.24, 2.45) is 0 Å². The molecule has 0 bridgehead atoms. The van der Waals surface area contributed by atoms with E-state index in [1.54, 1.807) is 42.1 Å². The highest BCUT2D eigenvalue weighted by atomic mass is 35.5. The lowest BCUT2D eigenvalue weighted by Gasteiger charge is -2.12. The number of aromatic nitrogens is 4. The van der Waals surface area contributed by atoms with Crippen molar-refractivity contribution >= 4 is 22.9 Å². The van der Waals surface area contributed by atoms with Gasteiger partial charge >= 0.3 is 0 Å². The number of nitro benzene ring substituents is 1. The zero-order valence-electron chi connectivity index (χ0n) is 20.3. The molecule has 5 rings (SSSR count). The first-order valence-electron chi connectivity index (χ1n) is 11.4. The van der Waals surface area contributed by atoms with E-state index in [0.29, 0.717) is 33.4 Å². The smallest absolute Gasteiger partial charge is 0.269 e. The van der Waals surface area contributed by atoms with Gasteiger partial charge in [-0.15, -0.1) is 0 Å². The summed E-state index contributed by atoms with van der Waals surface area (Å²) in [6.45, 7) is 5.82. The molecule has 0 fully saturated rings. The number of non-ortho nitro benzene ring substituents is 1. The van der Waals surface area contributed by atoms with Gasteiger partial charge in [0.25, 0.3) is 11.2 Å². The quantitative estimate of drug-likeness (QED) is 0.215. The predicted octanol–water partition coefficient (Wildman–Crippen LogP) is 5.61. The number of benzene rings is 2. The van der Waals surface area contributed by atoms with Gasteiger partial charge < -0.3 is 4.74 Å². The summed E-state index contributed by atoms with van der Waals surface area (Å²) in [5, 5.41) is 16.2. The van der Waals surface area contributed by atoms with Gasteiger partial charge in [-0.25, -0.2) is 9.67 Å². The molecule has 2 aromatic carbocycles. The Morgan fingerprint density at radius 3 is 2.54 bits per heavy atom. The summed E-state index contributed by atoms with van der Waals surface area (Å²) in [4.78, 5) is 28.7. The third-order valence-electron chi connectivity index (χ3n) is 6.08. The lowest BCUT2D eigenvalue weighted by Crippen LogP contribution is -2.19. The van der Waals surface area contributed by atoms with Crippen molar-refractivity contribution in [1.29, 1.82) is 0 Å². The van der Waals surface area contributed by atoms with Crippen LogP contribution in [0.2, 0.25) is 5.02 Å². The molecule has 0 atom stereocenters. The number of hydrogen-bond acceptors (Lipinski definition) is 6. The van der Waals surface area contributed by atoms with E-state index < -0.39 is 4.92 Å². The van der Waals surface area contributed by atoms with E-state index in [2.05, 4.69) is 4.98 Å². The standard InChI is InChI=1S/C27H22ClN5O4/c1-16-6-9-20(28)14-23(16)32-17(2)13-22(30-32)25-18(3)29-26-24(5-4-12-31(26)27(25)34)37-15-19-7-10-21(11-8-19)33(35)36/h4-14H,15H2,1-3H3. The summed E-state index contributed by atoms with van der Waals surface area (Å²) >= 11 is 6.21. The molecule has 0 radical (unpaired) electrons. The van der Waals surface area contributed by atoms with Crippen molar-refractivity contribution < 1.29 is 9.66 Å². The number of pyridine rings is 1. The molecule has 5 aromatic rings. The maximum atomic E-state index is 13.6. The monoisotopic (exact) mass is 515 g/mol. The summed E-state index contributed by atoms with van der Waals surface area (Å²) in [5.74, 6) is 0.420. The van der Waals surface area contributed by atoms with E-state index in [1.165, 1.54) is 16.5 Å². The molecular formula is C27H22ClN5O4. The molecule has 0 saturated carbocycles. The van der Waals surface area contributed by atoms with Crippen molar-refractivity contribution in [1.82, 2.24) is 19.2 Å². The molecule has 186 valence electrons. The van der Waals surface area contributed by atoms with Crippen molar-refractivity contribution in [3.63, 3.8) is 0 Å². The van der Waals surface area contributed by atoms with Gasteiger partial charge in [0, 0.05) is 29.0 Å². The van der Waals surface area contributed by atoms with Gasteiger partial charge in [-0.05, 0) is 74.4 Å². The van der Waals surface area contributed by atoms with E-state index in [9.17, 15) is 14.9 Å². The van der Waals surface area contributed by atoms with Crippen molar-refractivity contribution in [2.75, 3.05) is 0 Å². The average molecular weight is 516 g/mol. The fourth-order valence-corrected chi connectivity index (χ4v) is 4.34. The van der Waals surface area contributed by atoms with Gasteiger partial charge in [-0.3, -0.25) is 19.3 Å². The minimum absolute atomic E-state index is 0.00786. The zero-order valence-corrected chi connectivity index (χ0v) is 21.1. The van der Waals surface area contributed by atoms with Crippen molar-refractivity contribution in [3.8, 4) is 22.7 Å². The molecule has 3 aromatic heterocycles. The van der Waals surface area contributed by atoms with Gasteiger partial charge in [0.15, 0.2) is 11.4 Å². The van der Waals surface area contributed by atoms with E-state index in [4.69, 9.17) is 21.4 Å². The average Bonchev–Trinajstić information content (AvgIpc) is 3.25. The molecule has 0 N–H and O–H groups in total. The molecule has 0 aliphatic rings. The van der Waals surface area contributed by atoms with Crippen LogP contribution < -0.4 is 10.3 Å². The second-order valence-electron chi connectivity index (χ2n) is 8.67. The van der Waals surface area contributed by atoms with E-state index in [-0.39, 0.29) is 17.9 Å². The highest BCUT2D eigenvalue weighted by Gasteiger charge is 2.19. The third-order valence-corrected chi connectivity index (χ3v) is 6.32. The summed E-state index contributed by atoms with van der Waals surface area (Å²) in [7, 11) is 0. The SMILES string of the molecule is Cc1ccc(Cl)cc1-n1nc(-c2c(C)nc3c(OCc4ccc([N+](=O)[O-])cc4)cccn3c2=O)cc1C. The van der Waals surface area contributed by atoms with Crippen LogP contribution in [0, 0.1) is 30.9 Å². The Kier molecular flexibility index (Phi) is 6.22. The molecular weight excluding hydrogens is 494 g/mol. The van der Waals surface area contributed by atoms with Crippen LogP contribution in [0.4, 0.5) is 5.69 Å². The van der Waals surface area contributed by atoms with Crippen LogP contribution in [0.15, 0.2) is 71.7 Å². The van der Waals surface area contributed by atoms with Crippen LogP contribution in [-0.2, 0) is 6.61 Å². The van der Waals surface area contributed by atoms with E-state index >= 15 is 0 Å². The molecule has 0 saturated heterocycles. The second kappa shape index (κ2) is 9.51. The fraction of sp³-hybridized carbons (Fsp3) is 0.148. The number of aryl methyl sites for hydroxylation is 3. The van der Waals surface area contributed by atoms with Gasteiger partial charge in [-0.1, -0.05) is 17.7 Å². The fourth-order valence-electron chi connectivity index (χ4n) is 4.18. The Labute approximate surface area is 216 Å². The molecule has 0 aliphatic carbocycles. The van der Waals surface area contributed by atoms with Crippen molar-refractivity contribution in [2.45, 2.75) is 27.4 Å². The maximum absolute atomic E-state index is 13.6. The number of halogens is 1. The molecule has 37 heavy (non-hydrogen) atoms. The topological polar surface area (TPSA) is 105 Å². The maximum Gasteiger partial charge on any atom is 0.269 e. The van der Waals surface area contributed by atoms with Crippen LogP contribution in [0.5, 0.6) is 5.75 Å². The lowest BCUT2D eigenvalue weighted by atomic mass is 10.1. The normalized spacial score (nSPS) is 11.1. The number of fused-ring (bicyclic) bond motifs is 1. The first-order chi connectivity index (χ1) is 17.7. The highest BCUT2D eigenvalue weighted by Crippen LogP contribution is 2.26. The molecule has 10 heteroatoms. The Hall–Kier alpha value is -4.50. The lowest BCUT2D eigenvalue weighted by molar-refractivity contribution is -0.384. The highest BCUT2D eigenvalue weighted by molar-refractivity contribution is 6.30. The first kappa shape index (κ1) is 24.2. The van der Waals surface area contributed by atoms with E-state index in [0.717, 1.165) is 22.5 Å². The number of rotatable bonds is 6. The van der Waals surface area contributed by atoms with Crippen LogP contribution in [0.3, 0.4) is 0 Å². The Morgan fingerprint density at radius 1 is 1.05 bits per heavy atom. The Morgan fingerprint density at radius 2 is 1.81 bits per heavy atom. The molecule has 9 nitrogen and oxygen atoms in total. The van der Waals surface area contributed by atoms with Gasteiger partial charge in [-0.2, -0.15) is 5.10 Å². The molecule has 0 spiro atoms. The predicted molar refractivity (Wildman–Crippen MR) is 141 cm³/mol. The Balaban J connectivity index is 1.52. The molecule has 3 heterocycles. The van der Waals surface area contributed by atoms with Gasteiger partial charge in [0.05, 0.1) is 21.9 Å². The van der Waals surface area contributed by atoms with Crippen LogP contribution in [0.25, 0.3) is 22.6 Å². The van der Waals surface area contributed by atoms with Crippen LogP contribution >= 0.6 is 11.6 Å². The second-order valence-corrected chi connectivity index (χ2v) is 9.11. The summed E-state index contributed by atoms with van der Waals surface area (Å²) in [5.41, 5.74) is 4.98. The largest absolute Gasteiger partial charge is 0.485 e. The Bertz CT molecular complexity index is 1720.